The van der Waals surface area contributed by atoms with E-state index in [1.165, 1.54) is 0 Å². The number of rotatable bonds is 3. The van der Waals surface area contributed by atoms with E-state index in [-0.39, 0.29) is 6.10 Å². The lowest BCUT2D eigenvalue weighted by Crippen LogP contribution is -2.32. The molecule has 1 fully saturated rings. The molecule has 0 spiro atoms. The molecule has 0 bridgehead atoms. The van der Waals surface area contributed by atoms with Gasteiger partial charge in [0.1, 0.15) is 0 Å². The molecule has 1 aliphatic heterocycles. The minimum Gasteiger partial charge on any atom is -0.478 e. The van der Waals surface area contributed by atoms with Gasteiger partial charge in [0.2, 0.25) is 0 Å². The van der Waals surface area contributed by atoms with E-state index in [1.54, 1.807) is 19.2 Å². The second kappa shape index (κ2) is 4.67. The monoisotopic (exact) mass is 225 g/mol. The van der Waals surface area contributed by atoms with E-state index >= 15 is 0 Å². The zero-order valence-electron chi connectivity index (χ0n) is 9.18. The Morgan fingerprint density at radius 2 is 2.44 bits per heavy atom. The largest absolute Gasteiger partial charge is 0.478 e. The summed E-state index contributed by atoms with van der Waals surface area (Å²) in [6.45, 7) is 4.25. The number of aromatic carboxylic acids is 1. The molecule has 0 aliphatic carbocycles. The number of nitrogens with zero attached hydrogens (tertiary/aromatic N) is 1. The normalized spacial score (nSPS) is 20.9. The Morgan fingerprint density at radius 1 is 1.62 bits per heavy atom. The maximum atomic E-state index is 10.9. The summed E-state index contributed by atoms with van der Waals surface area (Å²) in [7, 11) is 0. The number of carboxylic acids is 1. The molecule has 2 heterocycles. The molecule has 5 heteroatoms. The van der Waals surface area contributed by atoms with Gasteiger partial charge in [0.15, 0.2) is 0 Å². The molecule has 88 valence electrons. The Kier molecular flexibility index (Phi) is 3.26. The Hall–Kier alpha value is -1.33. The van der Waals surface area contributed by atoms with Gasteiger partial charge < -0.3 is 19.1 Å². The summed E-state index contributed by atoms with van der Waals surface area (Å²) in [6.07, 6.45) is 1.79. The number of hydrogen-bond acceptors (Lipinski definition) is 3. The molecule has 0 radical (unpaired) electrons. The summed E-state index contributed by atoms with van der Waals surface area (Å²) in [5.41, 5.74) is 1.10. The lowest BCUT2D eigenvalue weighted by molar-refractivity contribution is -0.0937. The molecule has 1 N–H and O–H groups in total. The third kappa shape index (κ3) is 2.25. The van der Waals surface area contributed by atoms with Crippen molar-refractivity contribution in [2.45, 2.75) is 19.6 Å². The molecule has 1 saturated heterocycles. The van der Waals surface area contributed by atoms with Gasteiger partial charge in [-0.2, -0.15) is 0 Å². The number of hydrogen-bond donors (Lipinski definition) is 1. The second-order valence-electron chi connectivity index (χ2n) is 3.84. The van der Waals surface area contributed by atoms with Crippen molar-refractivity contribution < 1.29 is 19.4 Å². The maximum absolute atomic E-state index is 10.9. The molecule has 0 aromatic carbocycles. The quantitative estimate of drug-likeness (QED) is 0.830. The van der Waals surface area contributed by atoms with Gasteiger partial charge in [-0.05, 0) is 13.0 Å². The van der Waals surface area contributed by atoms with Crippen LogP contribution in [0.2, 0.25) is 0 Å². The number of aromatic nitrogens is 1. The number of carboxylic acid groups (broad SMARTS) is 1. The van der Waals surface area contributed by atoms with Crippen LogP contribution in [0.5, 0.6) is 0 Å². The van der Waals surface area contributed by atoms with E-state index in [2.05, 4.69) is 0 Å². The van der Waals surface area contributed by atoms with Crippen LogP contribution in [0.1, 0.15) is 16.1 Å². The minimum atomic E-state index is -0.892. The van der Waals surface area contributed by atoms with Gasteiger partial charge in [-0.25, -0.2) is 4.79 Å². The topological polar surface area (TPSA) is 60.7 Å². The highest BCUT2D eigenvalue weighted by Gasteiger charge is 2.17. The van der Waals surface area contributed by atoms with Gasteiger partial charge in [0.05, 0.1) is 38.0 Å². The third-order valence-electron chi connectivity index (χ3n) is 2.76. The van der Waals surface area contributed by atoms with Crippen LogP contribution in [-0.2, 0) is 16.0 Å². The van der Waals surface area contributed by atoms with E-state index in [9.17, 15) is 4.79 Å². The zero-order chi connectivity index (χ0) is 11.5. The van der Waals surface area contributed by atoms with Crippen molar-refractivity contribution in [3.05, 3.63) is 23.5 Å². The fourth-order valence-corrected chi connectivity index (χ4v) is 1.84. The highest BCUT2D eigenvalue weighted by molar-refractivity contribution is 5.88. The van der Waals surface area contributed by atoms with Crippen LogP contribution < -0.4 is 0 Å². The summed E-state index contributed by atoms with van der Waals surface area (Å²) in [6, 6.07) is 1.61. The molecule has 16 heavy (non-hydrogen) atoms. The van der Waals surface area contributed by atoms with Crippen molar-refractivity contribution in [3.63, 3.8) is 0 Å². The van der Waals surface area contributed by atoms with Crippen LogP contribution >= 0.6 is 0 Å². The standard InChI is InChI=1S/C11H15NO4/c1-8-10(11(13)14)2-3-12(8)6-9-7-15-4-5-16-9/h2-3,9H,4-7H2,1H3,(H,13,14). The molecule has 1 aromatic rings. The fourth-order valence-electron chi connectivity index (χ4n) is 1.84. The lowest BCUT2D eigenvalue weighted by Gasteiger charge is -2.23. The van der Waals surface area contributed by atoms with Gasteiger partial charge in [0, 0.05) is 11.9 Å². The molecule has 1 unspecified atom stereocenters. The van der Waals surface area contributed by atoms with Crippen molar-refractivity contribution in [2.75, 3.05) is 19.8 Å². The Morgan fingerprint density at radius 3 is 3.00 bits per heavy atom. The van der Waals surface area contributed by atoms with Crippen LogP contribution in [0.25, 0.3) is 0 Å². The molecule has 0 amide bonds. The maximum Gasteiger partial charge on any atom is 0.337 e. The highest BCUT2D eigenvalue weighted by Crippen LogP contribution is 2.12. The van der Waals surface area contributed by atoms with Gasteiger partial charge >= 0.3 is 5.97 Å². The van der Waals surface area contributed by atoms with Gasteiger partial charge in [-0.1, -0.05) is 0 Å². The molecule has 5 nitrogen and oxygen atoms in total. The van der Waals surface area contributed by atoms with Crippen LogP contribution in [-0.4, -0.2) is 41.6 Å². The molecule has 1 atom stereocenters. The van der Waals surface area contributed by atoms with Crippen molar-refractivity contribution in [1.29, 1.82) is 0 Å². The predicted molar refractivity (Wildman–Crippen MR) is 56.7 cm³/mol. The summed E-state index contributed by atoms with van der Waals surface area (Å²) >= 11 is 0. The number of carbonyl (C=O) groups is 1. The summed E-state index contributed by atoms with van der Waals surface area (Å²) in [4.78, 5) is 10.9. The first-order valence-corrected chi connectivity index (χ1v) is 5.27. The van der Waals surface area contributed by atoms with Crippen LogP contribution in [0.15, 0.2) is 12.3 Å². The van der Waals surface area contributed by atoms with Gasteiger partial charge in [0.25, 0.3) is 0 Å². The Balaban J connectivity index is 2.06. The van der Waals surface area contributed by atoms with E-state index < -0.39 is 5.97 Å². The summed E-state index contributed by atoms with van der Waals surface area (Å²) in [5.74, 6) is -0.892. The van der Waals surface area contributed by atoms with Crippen molar-refractivity contribution in [3.8, 4) is 0 Å². The van der Waals surface area contributed by atoms with E-state index in [0.29, 0.717) is 31.9 Å². The van der Waals surface area contributed by atoms with E-state index in [0.717, 1.165) is 5.69 Å². The fraction of sp³-hybridized carbons (Fsp3) is 0.545. The van der Waals surface area contributed by atoms with Crippen LogP contribution in [0.3, 0.4) is 0 Å². The van der Waals surface area contributed by atoms with Gasteiger partial charge in [-0.15, -0.1) is 0 Å². The third-order valence-corrected chi connectivity index (χ3v) is 2.76. The zero-order valence-corrected chi connectivity index (χ0v) is 9.18. The molecule has 1 aliphatic rings. The van der Waals surface area contributed by atoms with E-state index in [4.69, 9.17) is 14.6 Å². The SMILES string of the molecule is Cc1c(C(=O)O)ccn1CC1COCCO1. The van der Waals surface area contributed by atoms with Crippen LogP contribution in [0, 0.1) is 6.92 Å². The molecule has 0 saturated carbocycles. The lowest BCUT2D eigenvalue weighted by atomic mass is 10.2. The molecular weight excluding hydrogens is 210 g/mol. The average Bonchev–Trinajstić information content (AvgIpc) is 2.62. The highest BCUT2D eigenvalue weighted by atomic mass is 16.6. The van der Waals surface area contributed by atoms with Crippen molar-refractivity contribution in [2.24, 2.45) is 0 Å². The first-order valence-electron chi connectivity index (χ1n) is 5.27. The minimum absolute atomic E-state index is 0.0153. The smallest absolute Gasteiger partial charge is 0.337 e. The summed E-state index contributed by atoms with van der Waals surface area (Å²) < 4.78 is 12.7. The van der Waals surface area contributed by atoms with E-state index in [1.807, 2.05) is 4.57 Å². The Bertz CT molecular complexity index is 379. The van der Waals surface area contributed by atoms with Crippen molar-refractivity contribution >= 4 is 5.97 Å². The average molecular weight is 225 g/mol. The first-order chi connectivity index (χ1) is 7.68. The Labute approximate surface area is 93.6 Å². The predicted octanol–water partition coefficient (Wildman–Crippen LogP) is 0.910. The molecule has 1 aromatic heterocycles. The van der Waals surface area contributed by atoms with Crippen LogP contribution in [0.4, 0.5) is 0 Å². The molecular formula is C11H15NO4. The first kappa shape index (κ1) is 11.2. The number of ether oxygens (including phenoxy) is 2. The van der Waals surface area contributed by atoms with Gasteiger partial charge in [-0.3, -0.25) is 0 Å². The van der Waals surface area contributed by atoms with Crippen molar-refractivity contribution in [1.82, 2.24) is 4.57 Å². The second-order valence-corrected chi connectivity index (χ2v) is 3.84. The molecule has 2 rings (SSSR count). The summed E-state index contributed by atoms with van der Waals surface area (Å²) in [5, 5.41) is 8.92.